The van der Waals surface area contributed by atoms with Gasteiger partial charge in [-0.1, -0.05) is 44.2 Å². The van der Waals surface area contributed by atoms with Gasteiger partial charge in [-0.2, -0.15) is 0 Å². The van der Waals surface area contributed by atoms with Crippen LogP contribution in [0.4, 0.5) is 0 Å². The van der Waals surface area contributed by atoms with E-state index >= 15 is 0 Å². The van der Waals surface area contributed by atoms with Crippen molar-refractivity contribution < 1.29 is 9.53 Å². The van der Waals surface area contributed by atoms with E-state index in [1.54, 1.807) is 0 Å². The molecule has 0 saturated carbocycles. The van der Waals surface area contributed by atoms with Crippen LogP contribution in [0.15, 0.2) is 30.3 Å². The minimum Gasteiger partial charge on any atom is -0.469 e. The predicted octanol–water partition coefficient (Wildman–Crippen LogP) is 3.45. The molecular weight excluding hydrogens is 212 g/mol. The largest absolute Gasteiger partial charge is 0.469 e. The summed E-state index contributed by atoms with van der Waals surface area (Å²) in [6.45, 7) is 4.33. The lowest BCUT2D eigenvalue weighted by Crippen LogP contribution is -2.16. The molecule has 2 nitrogen and oxygen atoms in total. The summed E-state index contributed by atoms with van der Waals surface area (Å²) in [7, 11) is 1.46. The maximum Gasteiger partial charge on any atom is 0.305 e. The first kappa shape index (κ1) is 13.8. The average molecular weight is 234 g/mol. The van der Waals surface area contributed by atoms with Crippen LogP contribution < -0.4 is 0 Å². The van der Waals surface area contributed by atoms with Gasteiger partial charge in [0.2, 0.25) is 0 Å². The molecule has 0 aliphatic rings. The van der Waals surface area contributed by atoms with Gasteiger partial charge >= 0.3 is 5.97 Å². The predicted molar refractivity (Wildman–Crippen MR) is 69.7 cm³/mol. The standard InChI is InChI=1S/C15H22O2/c1-12(2)14(11-15(16)17-3)10-9-13-7-5-4-6-8-13/h4-8,12,14H,9-11H2,1-3H3/t14-/m1/s1. The SMILES string of the molecule is COC(=O)C[C@@H](CCc1ccccc1)C(C)C. The molecule has 0 unspecified atom stereocenters. The van der Waals surface area contributed by atoms with Crippen molar-refractivity contribution in [3.05, 3.63) is 35.9 Å². The van der Waals surface area contributed by atoms with Gasteiger partial charge in [0.25, 0.3) is 0 Å². The minimum atomic E-state index is -0.100. The molecule has 0 saturated heterocycles. The van der Waals surface area contributed by atoms with Crippen molar-refractivity contribution in [3.8, 4) is 0 Å². The molecule has 0 radical (unpaired) electrons. The van der Waals surface area contributed by atoms with Gasteiger partial charge in [0.1, 0.15) is 0 Å². The summed E-state index contributed by atoms with van der Waals surface area (Å²) in [5.41, 5.74) is 1.34. The van der Waals surface area contributed by atoms with Gasteiger partial charge in [0.05, 0.1) is 7.11 Å². The zero-order valence-electron chi connectivity index (χ0n) is 11.0. The van der Waals surface area contributed by atoms with E-state index in [1.165, 1.54) is 12.7 Å². The van der Waals surface area contributed by atoms with E-state index in [4.69, 9.17) is 4.74 Å². The maximum absolute atomic E-state index is 11.3. The summed E-state index contributed by atoms with van der Waals surface area (Å²) >= 11 is 0. The van der Waals surface area contributed by atoms with Gasteiger partial charge in [0, 0.05) is 6.42 Å². The number of hydrogen-bond acceptors (Lipinski definition) is 2. The minimum absolute atomic E-state index is 0.100. The van der Waals surface area contributed by atoms with Crippen LogP contribution in [0.1, 0.15) is 32.3 Å². The second-order valence-corrected chi connectivity index (χ2v) is 4.81. The van der Waals surface area contributed by atoms with Crippen molar-refractivity contribution in [2.45, 2.75) is 33.1 Å². The fourth-order valence-electron chi connectivity index (χ4n) is 1.97. The number of hydrogen-bond donors (Lipinski definition) is 0. The molecule has 17 heavy (non-hydrogen) atoms. The number of carbonyl (C=O) groups excluding carboxylic acids is 1. The number of methoxy groups -OCH3 is 1. The Morgan fingerprint density at radius 2 is 1.88 bits per heavy atom. The number of rotatable bonds is 6. The Hall–Kier alpha value is -1.31. The molecule has 1 atom stereocenters. The smallest absolute Gasteiger partial charge is 0.305 e. The van der Waals surface area contributed by atoms with Crippen molar-refractivity contribution in [2.24, 2.45) is 11.8 Å². The van der Waals surface area contributed by atoms with Crippen molar-refractivity contribution in [2.75, 3.05) is 7.11 Å². The summed E-state index contributed by atoms with van der Waals surface area (Å²) in [5.74, 6) is 0.817. The first-order valence-electron chi connectivity index (χ1n) is 6.24. The fraction of sp³-hybridized carbons (Fsp3) is 0.533. The molecule has 0 N–H and O–H groups in total. The van der Waals surface area contributed by atoms with Crippen molar-refractivity contribution in [1.29, 1.82) is 0 Å². The van der Waals surface area contributed by atoms with Crippen LogP contribution in [0.3, 0.4) is 0 Å². The summed E-state index contributed by atoms with van der Waals surface area (Å²) in [6, 6.07) is 10.4. The molecule has 0 heterocycles. The first-order chi connectivity index (χ1) is 8.13. The molecule has 2 heteroatoms. The zero-order chi connectivity index (χ0) is 12.7. The average Bonchev–Trinajstić information content (AvgIpc) is 2.35. The molecule has 0 spiro atoms. The van der Waals surface area contributed by atoms with E-state index < -0.39 is 0 Å². The van der Waals surface area contributed by atoms with Crippen LogP contribution in [0.5, 0.6) is 0 Å². The second-order valence-electron chi connectivity index (χ2n) is 4.81. The van der Waals surface area contributed by atoms with Crippen LogP contribution in [-0.4, -0.2) is 13.1 Å². The number of ether oxygens (including phenoxy) is 1. The first-order valence-corrected chi connectivity index (χ1v) is 6.24. The number of carbonyl (C=O) groups is 1. The topological polar surface area (TPSA) is 26.3 Å². The molecule has 1 aromatic rings. The summed E-state index contributed by atoms with van der Waals surface area (Å²) < 4.78 is 4.74. The lowest BCUT2D eigenvalue weighted by Gasteiger charge is -2.19. The molecule has 0 aliphatic carbocycles. The normalized spacial score (nSPS) is 12.5. The summed E-state index contributed by atoms with van der Waals surface area (Å²) in [5, 5.41) is 0. The Morgan fingerprint density at radius 1 is 1.24 bits per heavy atom. The Kier molecular flexibility index (Phi) is 5.75. The van der Waals surface area contributed by atoms with Crippen LogP contribution in [0.25, 0.3) is 0 Å². The Bertz CT molecular complexity index is 330. The Labute approximate surface area is 104 Å². The molecule has 1 aromatic carbocycles. The van der Waals surface area contributed by atoms with Crippen molar-refractivity contribution in [1.82, 2.24) is 0 Å². The quantitative estimate of drug-likeness (QED) is 0.705. The third-order valence-electron chi connectivity index (χ3n) is 3.25. The molecule has 0 aromatic heterocycles. The third-order valence-corrected chi connectivity index (χ3v) is 3.25. The molecule has 0 amide bonds. The van der Waals surface area contributed by atoms with Gasteiger partial charge in [-0.05, 0) is 30.2 Å². The fourth-order valence-corrected chi connectivity index (χ4v) is 1.97. The highest BCUT2D eigenvalue weighted by Gasteiger charge is 2.17. The molecule has 0 fully saturated rings. The molecule has 1 rings (SSSR count). The molecule has 94 valence electrons. The second kappa shape index (κ2) is 7.10. The van der Waals surface area contributed by atoms with Crippen LogP contribution in [0, 0.1) is 11.8 Å². The van der Waals surface area contributed by atoms with Crippen molar-refractivity contribution >= 4 is 5.97 Å². The Morgan fingerprint density at radius 3 is 2.41 bits per heavy atom. The van der Waals surface area contributed by atoms with E-state index in [1.807, 2.05) is 6.07 Å². The van der Waals surface area contributed by atoms with Gasteiger partial charge in [0.15, 0.2) is 0 Å². The van der Waals surface area contributed by atoms with E-state index in [0.717, 1.165) is 12.8 Å². The van der Waals surface area contributed by atoms with Gasteiger partial charge < -0.3 is 4.74 Å². The number of benzene rings is 1. The molecule has 0 aliphatic heterocycles. The summed E-state index contributed by atoms with van der Waals surface area (Å²) in [4.78, 5) is 11.3. The van der Waals surface area contributed by atoms with E-state index in [0.29, 0.717) is 18.3 Å². The summed E-state index contributed by atoms with van der Waals surface area (Å²) in [6.07, 6.45) is 2.60. The van der Waals surface area contributed by atoms with Crippen molar-refractivity contribution in [3.63, 3.8) is 0 Å². The lowest BCUT2D eigenvalue weighted by atomic mass is 9.87. The highest BCUT2D eigenvalue weighted by atomic mass is 16.5. The number of aryl methyl sites for hydroxylation is 1. The lowest BCUT2D eigenvalue weighted by molar-refractivity contribution is -0.142. The van der Waals surface area contributed by atoms with E-state index in [9.17, 15) is 4.79 Å². The van der Waals surface area contributed by atoms with Crippen LogP contribution >= 0.6 is 0 Å². The maximum atomic E-state index is 11.3. The van der Waals surface area contributed by atoms with Crippen LogP contribution in [-0.2, 0) is 16.0 Å². The number of esters is 1. The van der Waals surface area contributed by atoms with E-state index in [-0.39, 0.29) is 5.97 Å². The molecular formula is C15H22O2. The van der Waals surface area contributed by atoms with Gasteiger partial charge in [-0.25, -0.2) is 0 Å². The zero-order valence-corrected chi connectivity index (χ0v) is 11.0. The van der Waals surface area contributed by atoms with Crippen LogP contribution in [0.2, 0.25) is 0 Å². The molecule has 0 bridgehead atoms. The van der Waals surface area contributed by atoms with Gasteiger partial charge in [-0.15, -0.1) is 0 Å². The van der Waals surface area contributed by atoms with E-state index in [2.05, 4.69) is 38.1 Å². The highest BCUT2D eigenvalue weighted by molar-refractivity contribution is 5.69. The monoisotopic (exact) mass is 234 g/mol. The highest BCUT2D eigenvalue weighted by Crippen LogP contribution is 2.22. The third kappa shape index (κ3) is 5.03. The van der Waals surface area contributed by atoms with Gasteiger partial charge in [-0.3, -0.25) is 4.79 Å². The Balaban J connectivity index is 2.47.